The molecule has 2 heterocycles. The zero-order valence-corrected chi connectivity index (χ0v) is 19.2. The predicted molar refractivity (Wildman–Crippen MR) is 116 cm³/mol. The van der Waals surface area contributed by atoms with Gasteiger partial charge in [0.2, 0.25) is 15.9 Å². The summed E-state index contributed by atoms with van der Waals surface area (Å²) in [5, 5.41) is 3.41. The van der Waals surface area contributed by atoms with E-state index in [4.69, 9.17) is 23.2 Å². The Balaban J connectivity index is 1.54. The van der Waals surface area contributed by atoms with Gasteiger partial charge in [-0.1, -0.05) is 29.3 Å². The molecule has 3 rings (SSSR count). The molecular weight excluding hydrogens is 433 g/mol. The highest BCUT2D eigenvalue weighted by atomic mass is 35.5. The van der Waals surface area contributed by atoms with Gasteiger partial charge in [0.15, 0.2) is 0 Å². The van der Waals surface area contributed by atoms with Crippen molar-refractivity contribution in [3.8, 4) is 0 Å². The molecule has 1 aromatic carbocycles. The van der Waals surface area contributed by atoms with E-state index >= 15 is 0 Å². The number of amides is 1. The van der Waals surface area contributed by atoms with Gasteiger partial charge in [-0.3, -0.25) is 4.79 Å². The van der Waals surface area contributed by atoms with E-state index in [-0.39, 0.29) is 45.9 Å². The Bertz CT molecular complexity index is 811. The fourth-order valence-electron chi connectivity index (χ4n) is 4.10. The molecule has 2 fully saturated rings. The number of piperidine rings is 2. The molecule has 0 unspecified atom stereocenters. The van der Waals surface area contributed by atoms with Crippen LogP contribution in [0.4, 0.5) is 0 Å². The third-order valence-corrected chi connectivity index (χ3v) is 8.80. The largest absolute Gasteiger partial charge is 0.353 e. The van der Waals surface area contributed by atoms with Gasteiger partial charge in [0.25, 0.3) is 0 Å². The quantitative estimate of drug-likeness (QED) is 0.729. The molecule has 2 aliphatic heterocycles. The van der Waals surface area contributed by atoms with Crippen LogP contribution in [0.5, 0.6) is 0 Å². The SMILES string of the molecule is CC(C)N1CCC(NC(=O)C2CCN(S(=O)(=O)c3c(Cl)cccc3Cl)CC2)CC1. The van der Waals surface area contributed by atoms with Crippen molar-refractivity contribution in [1.29, 1.82) is 0 Å². The topological polar surface area (TPSA) is 69.7 Å². The molecule has 1 N–H and O–H groups in total. The van der Waals surface area contributed by atoms with Gasteiger partial charge in [-0.15, -0.1) is 0 Å². The Morgan fingerprint density at radius 1 is 1.03 bits per heavy atom. The molecule has 6 nitrogen and oxygen atoms in total. The average Bonchev–Trinajstić information content (AvgIpc) is 2.68. The lowest BCUT2D eigenvalue weighted by Crippen LogP contribution is -2.49. The molecule has 2 aliphatic rings. The van der Waals surface area contributed by atoms with Crippen LogP contribution >= 0.6 is 23.2 Å². The van der Waals surface area contributed by atoms with Crippen molar-refractivity contribution in [2.24, 2.45) is 5.92 Å². The number of carbonyl (C=O) groups is 1. The van der Waals surface area contributed by atoms with E-state index in [2.05, 4.69) is 24.1 Å². The molecule has 1 amide bonds. The van der Waals surface area contributed by atoms with Gasteiger partial charge in [0.1, 0.15) is 4.90 Å². The highest BCUT2D eigenvalue weighted by molar-refractivity contribution is 7.89. The number of hydrogen-bond donors (Lipinski definition) is 1. The number of halogens is 2. The average molecular weight is 462 g/mol. The Morgan fingerprint density at radius 2 is 1.59 bits per heavy atom. The first-order chi connectivity index (χ1) is 13.7. The fourth-order valence-corrected chi connectivity index (χ4v) is 6.66. The molecule has 29 heavy (non-hydrogen) atoms. The third-order valence-electron chi connectivity index (χ3n) is 5.95. The Hall–Kier alpha value is -0.860. The minimum absolute atomic E-state index is 0.0424. The van der Waals surface area contributed by atoms with Crippen molar-refractivity contribution in [3.63, 3.8) is 0 Å². The van der Waals surface area contributed by atoms with Gasteiger partial charge in [0, 0.05) is 44.2 Å². The van der Waals surface area contributed by atoms with Crippen LogP contribution in [0.25, 0.3) is 0 Å². The minimum Gasteiger partial charge on any atom is -0.353 e. The normalized spacial score (nSPS) is 20.9. The van der Waals surface area contributed by atoms with Crippen LogP contribution in [0.15, 0.2) is 23.1 Å². The first-order valence-corrected chi connectivity index (χ1v) is 12.4. The Labute approximate surface area is 183 Å². The van der Waals surface area contributed by atoms with Crippen molar-refractivity contribution in [1.82, 2.24) is 14.5 Å². The second-order valence-electron chi connectivity index (χ2n) is 8.14. The summed E-state index contributed by atoms with van der Waals surface area (Å²) < 4.78 is 27.3. The number of benzene rings is 1. The third kappa shape index (κ3) is 5.25. The van der Waals surface area contributed by atoms with Gasteiger partial charge in [-0.25, -0.2) is 8.42 Å². The van der Waals surface area contributed by atoms with Crippen molar-refractivity contribution in [2.45, 2.75) is 56.5 Å². The van der Waals surface area contributed by atoms with E-state index in [1.807, 2.05) is 0 Å². The van der Waals surface area contributed by atoms with E-state index in [1.165, 1.54) is 16.4 Å². The number of nitrogens with one attached hydrogen (secondary N) is 1. The highest BCUT2D eigenvalue weighted by Crippen LogP contribution is 2.33. The number of rotatable bonds is 5. The van der Waals surface area contributed by atoms with Gasteiger partial charge < -0.3 is 10.2 Å². The zero-order chi connectivity index (χ0) is 21.2. The van der Waals surface area contributed by atoms with E-state index in [9.17, 15) is 13.2 Å². The monoisotopic (exact) mass is 461 g/mol. The van der Waals surface area contributed by atoms with Gasteiger partial charge >= 0.3 is 0 Å². The van der Waals surface area contributed by atoms with E-state index in [0.717, 1.165) is 25.9 Å². The lowest BCUT2D eigenvalue weighted by Gasteiger charge is -2.36. The van der Waals surface area contributed by atoms with Gasteiger partial charge in [-0.05, 0) is 51.7 Å². The number of likely N-dealkylation sites (tertiary alicyclic amines) is 1. The molecule has 2 saturated heterocycles. The number of carbonyl (C=O) groups excluding carboxylic acids is 1. The molecule has 9 heteroatoms. The van der Waals surface area contributed by atoms with E-state index in [1.54, 1.807) is 6.07 Å². The first kappa shape index (κ1) is 22.8. The minimum atomic E-state index is -3.78. The molecular formula is C20H29Cl2N3O3S. The predicted octanol–water partition coefficient (Wildman–Crippen LogP) is 3.38. The highest BCUT2D eigenvalue weighted by Gasteiger charge is 2.35. The summed E-state index contributed by atoms with van der Waals surface area (Å²) in [5.74, 6) is -0.118. The summed E-state index contributed by atoms with van der Waals surface area (Å²) in [5.41, 5.74) is 0. The number of sulfonamides is 1. The smallest absolute Gasteiger partial charge is 0.246 e. The van der Waals surface area contributed by atoms with Crippen LogP contribution in [-0.2, 0) is 14.8 Å². The summed E-state index contributed by atoms with van der Waals surface area (Å²) >= 11 is 12.2. The maximum Gasteiger partial charge on any atom is 0.246 e. The molecule has 0 aliphatic carbocycles. The fraction of sp³-hybridized carbons (Fsp3) is 0.650. The van der Waals surface area contributed by atoms with Crippen LogP contribution in [0.1, 0.15) is 39.5 Å². The molecule has 0 spiro atoms. The van der Waals surface area contributed by atoms with Crippen LogP contribution in [0, 0.1) is 5.92 Å². The van der Waals surface area contributed by atoms with Crippen molar-refractivity contribution in [2.75, 3.05) is 26.2 Å². The van der Waals surface area contributed by atoms with Gasteiger partial charge in [-0.2, -0.15) is 4.31 Å². The first-order valence-electron chi connectivity index (χ1n) is 10.2. The van der Waals surface area contributed by atoms with E-state index < -0.39 is 10.0 Å². The summed E-state index contributed by atoms with van der Waals surface area (Å²) in [6, 6.07) is 5.40. The maximum atomic E-state index is 13.0. The lowest BCUT2D eigenvalue weighted by atomic mass is 9.95. The maximum absolute atomic E-state index is 13.0. The molecule has 0 bridgehead atoms. The van der Waals surface area contributed by atoms with E-state index in [0.29, 0.717) is 18.9 Å². The van der Waals surface area contributed by atoms with Crippen molar-refractivity contribution in [3.05, 3.63) is 28.2 Å². The standard InChI is InChI=1S/C20H29Cl2N3O3S/c1-14(2)24-10-8-16(9-11-24)23-20(26)15-6-12-25(13-7-15)29(27,28)19-17(21)4-3-5-18(19)22/h3-5,14-16H,6-13H2,1-2H3,(H,23,26). The number of nitrogens with zero attached hydrogens (tertiary/aromatic N) is 2. The summed E-state index contributed by atoms with van der Waals surface area (Å²) in [4.78, 5) is 15.1. The zero-order valence-electron chi connectivity index (χ0n) is 16.9. The molecule has 0 aromatic heterocycles. The summed E-state index contributed by atoms with van der Waals surface area (Å²) in [6.45, 7) is 6.95. The molecule has 0 radical (unpaired) electrons. The Morgan fingerprint density at radius 3 is 2.10 bits per heavy atom. The Kier molecular flexibility index (Phi) is 7.49. The molecule has 0 atom stereocenters. The summed E-state index contributed by atoms with van der Waals surface area (Å²) in [6.07, 6.45) is 2.92. The van der Waals surface area contributed by atoms with Crippen LogP contribution in [0.3, 0.4) is 0 Å². The molecule has 1 aromatic rings. The van der Waals surface area contributed by atoms with Gasteiger partial charge in [0.05, 0.1) is 10.0 Å². The van der Waals surface area contributed by atoms with Crippen molar-refractivity contribution >= 4 is 39.1 Å². The second kappa shape index (κ2) is 9.52. The summed E-state index contributed by atoms with van der Waals surface area (Å²) in [7, 11) is -3.78. The molecule has 0 saturated carbocycles. The van der Waals surface area contributed by atoms with Crippen LogP contribution < -0.4 is 5.32 Å². The second-order valence-corrected chi connectivity index (χ2v) is 10.8. The number of hydrogen-bond acceptors (Lipinski definition) is 4. The van der Waals surface area contributed by atoms with Crippen LogP contribution in [-0.4, -0.2) is 61.8 Å². The van der Waals surface area contributed by atoms with Crippen molar-refractivity contribution < 1.29 is 13.2 Å². The molecule has 162 valence electrons. The van der Waals surface area contributed by atoms with Crippen LogP contribution in [0.2, 0.25) is 10.0 Å². The lowest BCUT2D eigenvalue weighted by molar-refractivity contribution is -0.127.